The Balaban J connectivity index is 1.74. The SMILES string of the molecule is Cc1ccc(C(NN)C2CCOC3(CCOCC3)C2)o1. The van der Waals surface area contributed by atoms with Gasteiger partial charge < -0.3 is 13.9 Å². The fraction of sp³-hybridized carbons (Fsp3) is 0.733. The lowest BCUT2D eigenvalue weighted by atomic mass is 9.77. The lowest BCUT2D eigenvalue weighted by Crippen LogP contribution is -2.47. The van der Waals surface area contributed by atoms with Crippen LogP contribution in [0.4, 0.5) is 0 Å². The van der Waals surface area contributed by atoms with Crippen LogP contribution in [0.15, 0.2) is 16.5 Å². The Morgan fingerprint density at radius 1 is 1.30 bits per heavy atom. The van der Waals surface area contributed by atoms with E-state index in [9.17, 15) is 0 Å². The molecule has 2 fully saturated rings. The highest BCUT2D eigenvalue weighted by Gasteiger charge is 2.42. The molecule has 20 heavy (non-hydrogen) atoms. The van der Waals surface area contributed by atoms with Gasteiger partial charge in [0.1, 0.15) is 11.5 Å². The second-order valence-electron chi connectivity index (χ2n) is 5.99. The van der Waals surface area contributed by atoms with E-state index < -0.39 is 0 Å². The Morgan fingerprint density at radius 2 is 2.10 bits per heavy atom. The predicted molar refractivity (Wildman–Crippen MR) is 75.0 cm³/mol. The van der Waals surface area contributed by atoms with E-state index in [1.165, 1.54) is 0 Å². The van der Waals surface area contributed by atoms with Gasteiger partial charge in [0, 0.05) is 19.8 Å². The molecular weight excluding hydrogens is 256 g/mol. The Labute approximate surface area is 119 Å². The van der Waals surface area contributed by atoms with Crippen molar-refractivity contribution >= 4 is 0 Å². The molecule has 2 unspecified atom stereocenters. The van der Waals surface area contributed by atoms with E-state index >= 15 is 0 Å². The van der Waals surface area contributed by atoms with E-state index in [2.05, 4.69) is 5.43 Å². The number of ether oxygens (including phenoxy) is 2. The van der Waals surface area contributed by atoms with Gasteiger partial charge in [0.05, 0.1) is 11.6 Å². The molecule has 112 valence electrons. The van der Waals surface area contributed by atoms with Gasteiger partial charge in [-0.05, 0) is 50.7 Å². The quantitative estimate of drug-likeness (QED) is 0.655. The maximum absolute atomic E-state index is 6.09. The van der Waals surface area contributed by atoms with E-state index in [0.717, 1.165) is 57.0 Å². The van der Waals surface area contributed by atoms with Crippen LogP contribution in [0, 0.1) is 12.8 Å². The number of hydrogen-bond donors (Lipinski definition) is 2. The minimum Gasteiger partial charge on any atom is -0.465 e. The third kappa shape index (κ3) is 2.76. The lowest BCUT2D eigenvalue weighted by Gasteiger charge is -2.44. The van der Waals surface area contributed by atoms with E-state index in [4.69, 9.17) is 19.7 Å². The molecule has 5 nitrogen and oxygen atoms in total. The average Bonchev–Trinajstić information content (AvgIpc) is 2.87. The number of aryl methyl sites for hydroxylation is 1. The van der Waals surface area contributed by atoms with Gasteiger partial charge in [-0.1, -0.05) is 0 Å². The molecule has 0 radical (unpaired) electrons. The highest BCUT2D eigenvalue weighted by atomic mass is 16.5. The largest absolute Gasteiger partial charge is 0.465 e. The molecule has 3 N–H and O–H groups in total. The summed E-state index contributed by atoms with van der Waals surface area (Å²) in [4.78, 5) is 0. The van der Waals surface area contributed by atoms with Gasteiger partial charge in [0.2, 0.25) is 0 Å². The fourth-order valence-electron chi connectivity index (χ4n) is 3.51. The van der Waals surface area contributed by atoms with Crippen molar-refractivity contribution in [2.45, 2.75) is 44.2 Å². The highest BCUT2D eigenvalue weighted by molar-refractivity contribution is 5.11. The summed E-state index contributed by atoms with van der Waals surface area (Å²) in [5.41, 5.74) is 2.93. The van der Waals surface area contributed by atoms with Gasteiger partial charge in [-0.25, -0.2) is 5.43 Å². The summed E-state index contributed by atoms with van der Waals surface area (Å²) in [5, 5.41) is 0. The first-order valence-electron chi connectivity index (χ1n) is 7.47. The van der Waals surface area contributed by atoms with Crippen LogP contribution < -0.4 is 11.3 Å². The van der Waals surface area contributed by atoms with Crippen molar-refractivity contribution in [3.05, 3.63) is 23.7 Å². The molecule has 2 aliphatic heterocycles. The molecule has 2 saturated heterocycles. The topological polar surface area (TPSA) is 69.7 Å². The number of nitrogens with two attached hydrogens (primary N) is 1. The van der Waals surface area contributed by atoms with Gasteiger partial charge in [-0.2, -0.15) is 0 Å². The molecule has 0 saturated carbocycles. The first-order valence-corrected chi connectivity index (χ1v) is 7.47. The fourth-order valence-corrected chi connectivity index (χ4v) is 3.51. The molecule has 1 aromatic rings. The molecule has 2 aliphatic rings. The molecule has 5 heteroatoms. The molecule has 0 aromatic carbocycles. The van der Waals surface area contributed by atoms with Crippen LogP contribution in [0.5, 0.6) is 0 Å². The lowest BCUT2D eigenvalue weighted by molar-refractivity contribution is -0.151. The molecule has 0 aliphatic carbocycles. The van der Waals surface area contributed by atoms with E-state index in [1.54, 1.807) is 0 Å². The molecule has 1 spiro atoms. The summed E-state index contributed by atoms with van der Waals surface area (Å²) in [6.07, 6.45) is 4.00. The summed E-state index contributed by atoms with van der Waals surface area (Å²) < 4.78 is 17.3. The number of rotatable bonds is 3. The van der Waals surface area contributed by atoms with E-state index in [-0.39, 0.29) is 11.6 Å². The number of hydrogen-bond acceptors (Lipinski definition) is 5. The zero-order valence-electron chi connectivity index (χ0n) is 12.1. The van der Waals surface area contributed by atoms with Crippen molar-refractivity contribution < 1.29 is 13.9 Å². The van der Waals surface area contributed by atoms with Crippen LogP contribution in [-0.4, -0.2) is 25.4 Å². The van der Waals surface area contributed by atoms with Crippen molar-refractivity contribution in [3.63, 3.8) is 0 Å². The van der Waals surface area contributed by atoms with E-state index in [1.807, 2.05) is 19.1 Å². The molecule has 0 amide bonds. The van der Waals surface area contributed by atoms with Crippen LogP contribution in [0.3, 0.4) is 0 Å². The van der Waals surface area contributed by atoms with Gasteiger partial charge in [-0.15, -0.1) is 0 Å². The van der Waals surface area contributed by atoms with Gasteiger partial charge in [0.15, 0.2) is 0 Å². The van der Waals surface area contributed by atoms with E-state index in [0.29, 0.717) is 5.92 Å². The van der Waals surface area contributed by atoms with Gasteiger partial charge in [-0.3, -0.25) is 5.84 Å². The normalized spacial score (nSPS) is 27.6. The predicted octanol–water partition coefficient (Wildman–Crippen LogP) is 2.07. The second kappa shape index (κ2) is 5.85. The maximum atomic E-state index is 6.09. The van der Waals surface area contributed by atoms with Gasteiger partial charge >= 0.3 is 0 Å². The third-order valence-electron chi connectivity index (χ3n) is 4.65. The van der Waals surface area contributed by atoms with Crippen molar-refractivity contribution in [3.8, 4) is 0 Å². The Kier molecular flexibility index (Phi) is 4.12. The molecule has 1 aromatic heterocycles. The van der Waals surface area contributed by atoms with Crippen molar-refractivity contribution in [1.82, 2.24) is 5.43 Å². The zero-order chi connectivity index (χ0) is 14.0. The van der Waals surface area contributed by atoms with Gasteiger partial charge in [0.25, 0.3) is 0 Å². The zero-order valence-corrected chi connectivity index (χ0v) is 12.1. The van der Waals surface area contributed by atoms with Crippen LogP contribution in [0.1, 0.15) is 43.2 Å². The van der Waals surface area contributed by atoms with Crippen molar-refractivity contribution in [1.29, 1.82) is 0 Å². The molecule has 3 heterocycles. The first kappa shape index (κ1) is 14.1. The molecule has 2 atom stereocenters. The summed E-state index contributed by atoms with van der Waals surface area (Å²) in [7, 11) is 0. The first-order chi connectivity index (χ1) is 9.72. The summed E-state index contributed by atoms with van der Waals surface area (Å²) in [6.45, 7) is 4.35. The maximum Gasteiger partial charge on any atom is 0.122 e. The van der Waals surface area contributed by atoms with Crippen LogP contribution in [-0.2, 0) is 9.47 Å². The number of nitrogens with one attached hydrogen (secondary N) is 1. The van der Waals surface area contributed by atoms with Crippen LogP contribution in [0.25, 0.3) is 0 Å². The monoisotopic (exact) mass is 280 g/mol. The smallest absolute Gasteiger partial charge is 0.122 e. The average molecular weight is 280 g/mol. The Hall–Kier alpha value is -0.880. The third-order valence-corrected chi connectivity index (χ3v) is 4.65. The molecule has 3 rings (SSSR count). The minimum absolute atomic E-state index is 0.0160. The summed E-state index contributed by atoms with van der Waals surface area (Å²) >= 11 is 0. The Bertz CT molecular complexity index is 435. The van der Waals surface area contributed by atoms with Crippen molar-refractivity contribution in [2.75, 3.05) is 19.8 Å². The second-order valence-corrected chi connectivity index (χ2v) is 5.99. The number of hydrazine groups is 1. The summed E-state index contributed by atoms with van der Waals surface area (Å²) in [5.74, 6) is 8.08. The highest BCUT2D eigenvalue weighted by Crippen LogP contribution is 2.41. The van der Waals surface area contributed by atoms with Crippen molar-refractivity contribution in [2.24, 2.45) is 11.8 Å². The molecular formula is C15H24N2O3. The Morgan fingerprint density at radius 3 is 2.75 bits per heavy atom. The minimum atomic E-state index is -0.0160. The summed E-state index contributed by atoms with van der Waals surface area (Å²) in [6, 6.07) is 4.07. The molecule has 0 bridgehead atoms. The van der Waals surface area contributed by atoms with Crippen LogP contribution >= 0.6 is 0 Å². The number of furan rings is 1. The van der Waals surface area contributed by atoms with Crippen LogP contribution in [0.2, 0.25) is 0 Å². The standard InChI is InChI=1S/C15H24N2O3/c1-11-2-3-13(20-11)14(17-16)12-4-7-19-15(10-12)5-8-18-9-6-15/h2-3,12,14,17H,4-10,16H2,1H3.